The summed E-state index contributed by atoms with van der Waals surface area (Å²) < 4.78 is 24.9. The highest BCUT2D eigenvalue weighted by molar-refractivity contribution is 7.90. The summed E-state index contributed by atoms with van der Waals surface area (Å²) in [4.78, 5) is 10.5. The van der Waals surface area contributed by atoms with Crippen molar-refractivity contribution in [3.05, 3.63) is 63.7 Å². The maximum atomic E-state index is 12.4. The van der Waals surface area contributed by atoms with Gasteiger partial charge in [-0.25, -0.2) is 8.42 Å². The van der Waals surface area contributed by atoms with E-state index in [1.807, 2.05) is 0 Å². The van der Waals surface area contributed by atoms with Gasteiger partial charge in [-0.05, 0) is 30.7 Å². The minimum Gasteiger partial charge on any atom is -0.399 e. The van der Waals surface area contributed by atoms with Gasteiger partial charge < -0.3 is 5.73 Å². The van der Waals surface area contributed by atoms with Gasteiger partial charge in [0.25, 0.3) is 5.69 Å². The van der Waals surface area contributed by atoms with Crippen LogP contribution in [0.2, 0.25) is 0 Å². The van der Waals surface area contributed by atoms with Gasteiger partial charge >= 0.3 is 0 Å². The van der Waals surface area contributed by atoms with Crippen molar-refractivity contribution >= 4 is 21.2 Å². The van der Waals surface area contributed by atoms with Gasteiger partial charge in [-0.3, -0.25) is 10.1 Å². The number of rotatable bonds is 4. The Bertz CT molecular complexity index is 800. The van der Waals surface area contributed by atoms with Crippen molar-refractivity contribution in [2.75, 3.05) is 5.73 Å². The third-order valence-corrected chi connectivity index (χ3v) is 4.89. The molecule has 0 radical (unpaired) electrons. The quantitative estimate of drug-likeness (QED) is 0.531. The normalized spacial score (nSPS) is 11.3. The van der Waals surface area contributed by atoms with Gasteiger partial charge in [0.15, 0.2) is 9.84 Å². The van der Waals surface area contributed by atoms with E-state index in [1.165, 1.54) is 30.3 Å². The molecular formula is C14H14N2O4S. The first-order valence-corrected chi connectivity index (χ1v) is 7.77. The zero-order valence-corrected chi connectivity index (χ0v) is 12.1. The van der Waals surface area contributed by atoms with Crippen LogP contribution in [0, 0.1) is 17.0 Å². The highest BCUT2D eigenvalue weighted by Crippen LogP contribution is 2.26. The summed E-state index contributed by atoms with van der Waals surface area (Å²) in [6.45, 7) is 1.64. The maximum absolute atomic E-state index is 12.4. The Balaban J connectivity index is 2.45. The first-order chi connectivity index (χ1) is 9.81. The van der Waals surface area contributed by atoms with Crippen LogP contribution in [0.5, 0.6) is 0 Å². The van der Waals surface area contributed by atoms with E-state index < -0.39 is 20.5 Å². The molecule has 2 aromatic carbocycles. The maximum Gasteiger partial charge on any atom is 0.273 e. The number of anilines is 1. The summed E-state index contributed by atoms with van der Waals surface area (Å²) in [6.07, 6.45) is 0. The average Bonchev–Trinajstić information content (AvgIpc) is 2.37. The smallest absolute Gasteiger partial charge is 0.273 e. The van der Waals surface area contributed by atoms with Crippen LogP contribution in [0.25, 0.3) is 0 Å². The van der Waals surface area contributed by atoms with Crippen LogP contribution < -0.4 is 5.73 Å². The van der Waals surface area contributed by atoms with Crippen LogP contribution >= 0.6 is 0 Å². The third-order valence-electron chi connectivity index (χ3n) is 3.07. The third kappa shape index (κ3) is 3.19. The molecule has 0 saturated carbocycles. The topological polar surface area (TPSA) is 103 Å². The van der Waals surface area contributed by atoms with Crippen molar-refractivity contribution < 1.29 is 13.3 Å². The zero-order valence-electron chi connectivity index (χ0n) is 11.3. The molecule has 7 heteroatoms. The number of sulfone groups is 1. The lowest BCUT2D eigenvalue weighted by Crippen LogP contribution is -2.08. The molecule has 0 amide bonds. The summed E-state index contributed by atoms with van der Waals surface area (Å²) in [6, 6.07) is 10.3. The van der Waals surface area contributed by atoms with Crippen molar-refractivity contribution in [3.8, 4) is 0 Å². The monoisotopic (exact) mass is 306 g/mol. The minimum absolute atomic E-state index is 0.134. The second-order valence-corrected chi connectivity index (χ2v) is 6.63. The highest BCUT2D eigenvalue weighted by atomic mass is 32.2. The SMILES string of the molecule is Cc1cc(N)ccc1S(=O)(=O)Cc1ccccc1[N+](=O)[O-]. The number of aryl methyl sites for hydroxylation is 1. The lowest BCUT2D eigenvalue weighted by molar-refractivity contribution is -0.385. The van der Waals surface area contributed by atoms with Gasteiger partial charge in [0.1, 0.15) is 0 Å². The Morgan fingerprint density at radius 2 is 1.86 bits per heavy atom. The molecule has 0 heterocycles. The Kier molecular flexibility index (Phi) is 3.95. The van der Waals surface area contributed by atoms with Crippen molar-refractivity contribution in [3.63, 3.8) is 0 Å². The van der Waals surface area contributed by atoms with Crippen LogP contribution in [-0.4, -0.2) is 13.3 Å². The summed E-state index contributed by atoms with van der Waals surface area (Å²) in [5.41, 5.74) is 6.56. The van der Waals surface area contributed by atoms with Gasteiger partial charge in [0.05, 0.1) is 15.6 Å². The molecular weight excluding hydrogens is 292 g/mol. The fraction of sp³-hybridized carbons (Fsp3) is 0.143. The number of nitrogen functional groups attached to an aromatic ring is 1. The number of nitro benzene ring substituents is 1. The molecule has 2 aromatic rings. The van der Waals surface area contributed by atoms with Crippen LogP contribution in [0.15, 0.2) is 47.4 Å². The largest absolute Gasteiger partial charge is 0.399 e. The molecule has 0 saturated heterocycles. The Morgan fingerprint density at radius 1 is 1.19 bits per heavy atom. The van der Waals surface area contributed by atoms with Crippen molar-refractivity contribution in [1.82, 2.24) is 0 Å². The van der Waals surface area contributed by atoms with Gasteiger partial charge in [0.2, 0.25) is 0 Å². The molecule has 21 heavy (non-hydrogen) atoms. The Hall–Kier alpha value is -2.41. The van der Waals surface area contributed by atoms with E-state index in [1.54, 1.807) is 19.1 Å². The number of hydrogen-bond donors (Lipinski definition) is 1. The van der Waals surface area contributed by atoms with Crippen molar-refractivity contribution in [2.24, 2.45) is 0 Å². The molecule has 6 nitrogen and oxygen atoms in total. The molecule has 2 rings (SSSR count). The fourth-order valence-electron chi connectivity index (χ4n) is 2.12. The summed E-state index contributed by atoms with van der Waals surface area (Å²) in [7, 11) is -3.68. The molecule has 0 aliphatic heterocycles. The van der Waals surface area contributed by atoms with Crippen LogP contribution in [0.1, 0.15) is 11.1 Å². The number of para-hydroxylation sites is 1. The summed E-state index contributed by atoms with van der Waals surface area (Å²) >= 11 is 0. The van der Waals surface area contributed by atoms with Crippen LogP contribution in [0.4, 0.5) is 11.4 Å². The average molecular weight is 306 g/mol. The number of nitro groups is 1. The Morgan fingerprint density at radius 3 is 2.48 bits per heavy atom. The summed E-state index contributed by atoms with van der Waals surface area (Å²) in [5.74, 6) is -0.422. The lowest BCUT2D eigenvalue weighted by atomic mass is 10.2. The van der Waals surface area contributed by atoms with Gasteiger partial charge in [-0.1, -0.05) is 18.2 Å². The second-order valence-electron chi connectivity index (χ2n) is 4.67. The standard InChI is InChI=1S/C14H14N2O4S/c1-10-8-12(15)6-7-14(10)21(19,20)9-11-4-2-3-5-13(11)16(17)18/h2-8H,9,15H2,1H3. The molecule has 0 aliphatic rings. The van der Waals surface area contributed by atoms with E-state index in [-0.39, 0.29) is 16.1 Å². The zero-order chi connectivity index (χ0) is 15.6. The number of nitrogens with two attached hydrogens (primary N) is 1. The van der Waals surface area contributed by atoms with E-state index in [2.05, 4.69) is 0 Å². The fourth-order valence-corrected chi connectivity index (χ4v) is 3.75. The second kappa shape index (κ2) is 5.53. The van der Waals surface area contributed by atoms with Crippen LogP contribution in [0.3, 0.4) is 0 Å². The molecule has 0 spiro atoms. The van der Waals surface area contributed by atoms with Gasteiger partial charge in [-0.15, -0.1) is 0 Å². The van der Waals surface area contributed by atoms with Gasteiger partial charge in [-0.2, -0.15) is 0 Å². The molecule has 0 atom stereocenters. The minimum atomic E-state index is -3.68. The first-order valence-electron chi connectivity index (χ1n) is 6.12. The molecule has 0 aliphatic carbocycles. The number of nitrogens with zero attached hydrogens (tertiary/aromatic N) is 1. The predicted molar refractivity (Wildman–Crippen MR) is 79.6 cm³/mol. The van der Waals surface area contributed by atoms with E-state index in [0.29, 0.717) is 11.3 Å². The van der Waals surface area contributed by atoms with Crippen LogP contribution in [-0.2, 0) is 15.6 Å². The summed E-state index contributed by atoms with van der Waals surface area (Å²) in [5, 5.41) is 10.9. The van der Waals surface area contributed by atoms with E-state index in [0.717, 1.165) is 0 Å². The molecule has 0 fully saturated rings. The molecule has 0 bridgehead atoms. The molecule has 2 N–H and O–H groups in total. The van der Waals surface area contributed by atoms with Crippen molar-refractivity contribution in [1.29, 1.82) is 0 Å². The molecule has 110 valence electrons. The Labute approximate surface area is 122 Å². The number of hydrogen-bond acceptors (Lipinski definition) is 5. The van der Waals surface area contributed by atoms with Gasteiger partial charge in [0, 0.05) is 17.3 Å². The lowest BCUT2D eigenvalue weighted by Gasteiger charge is -2.09. The predicted octanol–water partition coefficient (Wildman–Crippen LogP) is 2.46. The van der Waals surface area contributed by atoms with Crippen molar-refractivity contribution in [2.45, 2.75) is 17.6 Å². The molecule has 0 unspecified atom stereocenters. The number of benzene rings is 2. The van der Waals surface area contributed by atoms with E-state index >= 15 is 0 Å². The van der Waals surface area contributed by atoms with E-state index in [9.17, 15) is 18.5 Å². The van der Waals surface area contributed by atoms with E-state index in [4.69, 9.17) is 5.73 Å². The first kappa shape index (κ1) is 15.0. The molecule has 0 aromatic heterocycles. The highest BCUT2D eigenvalue weighted by Gasteiger charge is 2.22.